The molecule has 1 saturated carbocycles. The van der Waals surface area contributed by atoms with Crippen molar-refractivity contribution in [1.82, 2.24) is 0 Å². The number of carbonyl (C=O) groups is 2. The minimum Gasteiger partial charge on any atom is -0.493 e. The van der Waals surface area contributed by atoms with Gasteiger partial charge < -0.3 is 14.4 Å². The van der Waals surface area contributed by atoms with Crippen LogP contribution in [0, 0.1) is 5.41 Å². The Bertz CT molecular complexity index is 1200. The van der Waals surface area contributed by atoms with Gasteiger partial charge in [-0.15, -0.1) is 0 Å². The van der Waals surface area contributed by atoms with E-state index in [0.717, 1.165) is 27.6 Å². The van der Waals surface area contributed by atoms with Crippen LogP contribution in [-0.4, -0.2) is 32.3 Å². The number of rotatable bonds is 4. The topological polar surface area (TPSA) is 55.8 Å². The summed E-state index contributed by atoms with van der Waals surface area (Å²) in [4.78, 5) is 28.7. The van der Waals surface area contributed by atoms with Gasteiger partial charge in [-0.05, 0) is 52.9 Å². The third kappa shape index (κ3) is 3.24. The molecule has 0 bridgehead atoms. The molecule has 5 heteroatoms. The van der Waals surface area contributed by atoms with Crippen molar-refractivity contribution in [3.8, 4) is 11.5 Å². The summed E-state index contributed by atoms with van der Waals surface area (Å²) in [5, 5.41) is 2.25. The van der Waals surface area contributed by atoms with Crippen molar-refractivity contribution in [3.63, 3.8) is 0 Å². The molecule has 1 aliphatic carbocycles. The largest absolute Gasteiger partial charge is 0.493 e. The molecule has 2 aliphatic rings. The van der Waals surface area contributed by atoms with Crippen molar-refractivity contribution in [2.75, 3.05) is 25.7 Å². The highest BCUT2D eigenvalue weighted by Gasteiger charge is 2.50. The second-order valence-corrected chi connectivity index (χ2v) is 8.79. The van der Waals surface area contributed by atoms with E-state index in [4.69, 9.17) is 9.47 Å². The number of benzene rings is 3. The number of hydrogen-bond donors (Lipinski definition) is 0. The highest BCUT2D eigenvalue weighted by Crippen LogP contribution is 2.45. The average molecular weight is 430 g/mol. The number of ether oxygens (including phenoxy) is 2. The number of methoxy groups -OCH3 is 2. The Labute approximate surface area is 187 Å². The molecule has 3 aromatic rings. The Morgan fingerprint density at radius 1 is 0.906 bits per heavy atom. The van der Waals surface area contributed by atoms with Gasteiger partial charge in [0.1, 0.15) is 17.0 Å². The Kier molecular flexibility index (Phi) is 5.12. The lowest BCUT2D eigenvalue weighted by Crippen LogP contribution is -2.54. The molecule has 0 amide bonds. The van der Waals surface area contributed by atoms with Gasteiger partial charge in [-0.1, -0.05) is 36.4 Å². The SMILES string of the molecule is COc1ccc(CN2CC3(Cc4c2ccc2ccccc42)C(=O)CCCC3=O)cc1OC. The average Bonchev–Trinajstić information content (AvgIpc) is 2.82. The summed E-state index contributed by atoms with van der Waals surface area (Å²) in [5.74, 6) is 1.52. The molecule has 1 spiro atoms. The number of ketones is 2. The lowest BCUT2D eigenvalue weighted by atomic mass is 9.65. The van der Waals surface area contributed by atoms with Gasteiger partial charge in [0.25, 0.3) is 0 Å². The first kappa shape index (κ1) is 20.6. The standard InChI is InChI=1S/C27H27NO4/c1-31-23-13-10-18(14-24(23)32-2)16-28-17-27(25(29)8-5-9-26(27)30)15-21-20-7-4-3-6-19(20)11-12-22(21)28/h3-4,6-7,10-14H,5,8-9,15-17H2,1-2H3. The zero-order chi connectivity index (χ0) is 22.3. The van der Waals surface area contributed by atoms with Crippen LogP contribution in [0.15, 0.2) is 54.6 Å². The molecule has 0 saturated heterocycles. The number of anilines is 1. The fourth-order valence-corrected chi connectivity index (χ4v) is 5.33. The van der Waals surface area contributed by atoms with E-state index in [2.05, 4.69) is 29.2 Å². The summed E-state index contributed by atoms with van der Waals surface area (Å²) >= 11 is 0. The molecular weight excluding hydrogens is 402 g/mol. The molecule has 1 fully saturated rings. The summed E-state index contributed by atoms with van der Waals surface area (Å²) in [7, 11) is 3.24. The second-order valence-electron chi connectivity index (χ2n) is 8.79. The summed E-state index contributed by atoms with van der Waals surface area (Å²) in [5.41, 5.74) is 2.27. The molecule has 5 rings (SSSR count). The molecule has 5 nitrogen and oxygen atoms in total. The molecule has 0 atom stereocenters. The normalized spacial score (nSPS) is 17.5. The van der Waals surface area contributed by atoms with Gasteiger partial charge in [-0.2, -0.15) is 0 Å². The zero-order valence-electron chi connectivity index (χ0n) is 18.5. The van der Waals surface area contributed by atoms with Gasteiger partial charge in [0.2, 0.25) is 0 Å². The van der Waals surface area contributed by atoms with Crippen LogP contribution < -0.4 is 14.4 Å². The highest BCUT2D eigenvalue weighted by atomic mass is 16.5. The lowest BCUT2D eigenvalue weighted by molar-refractivity contribution is -0.143. The van der Waals surface area contributed by atoms with Crippen LogP contribution in [0.1, 0.15) is 30.4 Å². The van der Waals surface area contributed by atoms with Gasteiger partial charge in [0, 0.05) is 31.6 Å². The third-order valence-corrected chi connectivity index (χ3v) is 6.99. The number of nitrogens with zero attached hydrogens (tertiary/aromatic N) is 1. The minimum atomic E-state index is -0.952. The Hall–Kier alpha value is -3.34. The van der Waals surface area contributed by atoms with Crippen LogP contribution in [0.3, 0.4) is 0 Å². The maximum atomic E-state index is 13.2. The van der Waals surface area contributed by atoms with E-state index in [1.165, 1.54) is 0 Å². The monoisotopic (exact) mass is 429 g/mol. The molecular formula is C27H27NO4. The molecule has 3 aromatic carbocycles. The first-order chi connectivity index (χ1) is 15.6. The molecule has 0 radical (unpaired) electrons. The first-order valence-electron chi connectivity index (χ1n) is 11.1. The summed E-state index contributed by atoms with van der Waals surface area (Å²) < 4.78 is 10.9. The van der Waals surface area contributed by atoms with Crippen molar-refractivity contribution < 1.29 is 19.1 Å². The minimum absolute atomic E-state index is 0.0876. The smallest absolute Gasteiger partial charge is 0.161 e. The molecule has 0 aromatic heterocycles. The van der Waals surface area contributed by atoms with Crippen LogP contribution in [0.25, 0.3) is 10.8 Å². The molecule has 32 heavy (non-hydrogen) atoms. The van der Waals surface area contributed by atoms with Gasteiger partial charge in [-0.25, -0.2) is 0 Å². The Morgan fingerprint density at radius 2 is 1.66 bits per heavy atom. The number of hydrogen-bond acceptors (Lipinski definition) is 5. The van der Waals surface area contributed by atoms with Crippen LogP contribution in [0.4, 0.5) is 5.69 Å². The van der Waals surface area contributed by atoms with Crippen LogP contribution in [0.5, 0.6) is 11.5 Å². The van der Waals surface area contributed by atoms with Crippen LogP contribution in [0.2, 0.25) is 0 Å². The number of carbonyl (C=O) groups excluding carboxylic acids is 2. The molecule has 164 valence electrons. The van der Waals surface area contributed by atoms with E-state index < -0.39 is 5.41 Å². The maximum absolute atomic E-state index is 13.2. The predicted molar refractivity (Wildman–Crippen MR) is 125 cm³/mol. The molecule has 1 heterocycles. The molecule has 0 N–H and O–H groups in total. The predicted octanol–water partition coefficient (Wildman–Crippen LogP) is 4.73. The molecule has 1 aliphatic heterocycles. The van der Waals surface area contributed by atoms with Gasteiger partial charge in [0.15, 0.2) is 11.5 Å². The van der Waals surface area contributed by atoms with Crippen molar-refractivity contribution in [2.24, 2.45) is 5.41 Å². The summed E-state index contributed by atoms with van der Waals surface area (Å²) in [6, 6.07) is 18.3. The van der Waals surface area contributed by atoms with E-state index in [9.17, 15) is 9.59 Å². The number of Topliss-reactive ketones (excluding diaryl/α,β-unsaturated/α-hetero) is 2. The van der Waals surface area contributed by atoms with E-state index in [-0.39, 0.29) is 11.6 Å². The Balaban J connectivity index is 1.63. The maximum Gasteiger partial charge on any atom is 0.161 e. The van der Waals surface area contributed by atoms with Crippen molar-refractivity contribution in [2.45, 2.75) is 32.2 Å². The third-order valence-electron chi connectivity index (χ3n) is 6.99. The second kappa shape index (κ2) is 7.97. The van der Waals surface area contributed by atoms with Crippen LogP contribution >= 0.6 is 0 Å². The fraction of sp³-hybridized carbons (Fsp3) is 0.333. The van der Waals surface area contributed by atoms with Gasteiger partial charge >= 0.3 is 0 Å². The van der Waals surface area contributed by atoms with E-state index >= 15 is 0 Å². The summed E-state index contributed by atoms with van der Waals surface area (Å²) in [6.45, 7) is 0.998. The number of fused-ring (bicyclic) bond motifs is 3. The van der Waals surface area contributed by atoms with Crippen molar-refractivity contribution in [1.29, 1.82) is 0 Å². The Morgan fingerprint density at radius 3 is 2.41 bits per heavy atom. The van der Waals surface area contributed by atoms with E-state index in [1.54, 1.807) is 14.2 Å². The van der Waals surface area contributed by atoms with Crippen molar-refractivity contribution >= 4 is 28.0 Å². The van der Waals surface area contributed by atoms with E-state index in [1.807, 2.05) is 30.3 Å². The highest BCUT2D eigenvalue weighted by molar-refractivity contribution is 6.11. The lowest BCUT2D eigenvalue weighted by Gasteiger charge is -2.45. The van der Waals surface area contributed by atoms with E-state index in [0.29, 0.717) is 50.3 Å². The quantitative estimate of drug-likeness (QED) is 0.562. The van der Waals surface area contributed by atoms with Gasteiger partial charge in [0.05, 0.1) is 14.2 Å². The van der Waals surface area contributed by atoms with Crippen molar-refractivity contribution in [3.05, 3.63) is 65.7 Å². The molecule has 0 unspecified atom stereocenters. The van der Waals surface area contributed by atoms with Crippen LogP contribution in [-0.2, 0) is 22.6 Å². The van der Waals surface area contributed by atoms with Gasteiger partial charge in [-0.3, -0.25) is 9.59 Å². The zero-order valence-corrected chi connectivity index (χ0v) is 18.5. The fourth-order valence-electron chi connectivity index (χ4n) is 5.33. The first-order valence-corrected chi connectivity index (χ1v) is 11.1. The summed E-state index contributed by atoms with van der Waals surface area (Å²) in [6.07, 6.45) is 2.12.